The molecule has 176 valence electrons. The lowest BCUT2D eigenvalue weighted by molar-refractivity contribution is -0.151. The minimum Gasteiger partial charge on any atom is -0.467 e. The van der Waals surface area contributed by atoms with Crippen molar-refractivity contribution in [1.29, 1.82) is 0 Å². The van der Waals surface area contributed by atoms with Crippen LogP contribution in [0, 0.1) is 5.92 Å². The molecule has 3 aromatic rings. The first-order valence-electron chi connectivity index (χ1n) is 11.8. The maximum atomic E-state index is 13.9. The Labute approximate surface area is 201 Å². The Morgan fingerprint density at radius 3 is 2.00 bits per heavy atom. The van der Waals surface area contributed by atoms with Gasteiger partial charge >= 0.3 is 5.97 Å². The van der Waals surface area contributed by atoms with Crippen LogP contribution in [0.15, 0.2) is 91.0 Å². The molecule has 1 saturated heterocycles. The highest BCUT2D eigenvalue weighted by Gasteiger charge is 2.42. The van der Waals surface area contributed by atoms with Gasteiger partial charge in [0.2, 0.25) is 5.91 Å². The van der Waals surface area contributed by atoms with Crippen molar-refractivity contribution in [3.8, 4) is 0 Å². The highest BCUT2D eigenvalue weighted by molar-refractivity contribution is 5.91. The van der Waals surface area contributed by atoms with Gasteiger partial charge in [-0.15, -0.1) is 0 Å². The molecule has 0 spiro atoms. The molecule has 34 heavy (non-hydrogen) atoms. The summed E-state index contributed by atoms with van der Waals surface area (Å²) in [5.41, 5.74) is 2.96. The zero-order valence-electron chi connectivity index (χ0n) is 19.5. The smallest absolute Gasteiger partial charge is 0.328 e. The summed E-state index contributed by atoms with van der Waals surface area (Å²) in [6, 6.07) is 29.0. The number of rotatable bonds is 9. The molecule has 4 rings (SSSR count). The van der Waals surface area contributed by atoms with Crippen LogP contribution < -0.4 is 0 Å². The topological polar surface area (TPSA) is 55.8 Å². The Balaban J connectivity index is 1.48. The van der Waals surface area contributed by atoms with Crippen molar-refractivity contribution in [3.05, 3.63) is 108 Å². The molecule has 2 unspecified atom stereocenters. The van der Waals surface area contributed by atoms with Crippen molar-refractivity contribution in [2.45, 2.75) is 31.4 Å². The molecule has 1 heterocycles. The standard InChI is InChI=1S/C29H31NO4/c1-33-29(32)26-19-23(17-18-34-21-22-11-5-2-6-12-22)20-30(26)28(31)27(24-13-7-3-8-14-24)25-15-9-4-10-16-25/h2-16,23,26-27H,17-21H2,1H3. The normalized spacial score (nSPS) is 17.6. The minimum atomic E-state index is -0.577. The van der Waals surface area contributed by atoms with Gasteiger partial charge in [0.15, 0.2) is 0 Å². The Kier molecular flexibility index (Phi) is 8.10. The molecule has 0 radical (unpaired) electrons. The molecule has 0 N–H and O–H groups in total. The first-order chi connectivity index (χ1) is 16.7. The maximum Gasteiger partial charge on any atom is 0.328 e. The number of hydrogen-bond acceptors (Lipinski definition) is 4. The summed E-state index contributed by atoms with van der Waals surface area (Å²) in [4.78, 5) is 28.3. The van der Waals surface area contributed by atoms with Crippen molar-refractivity contribution in [1.82, 2.24) is 4.90 Å². The van der Waals surface area contributed by atoms with Gasteiger partial charge in [-0.1, -0.05) is 91.0 Å². The first kappa shape index (κ1) is 23.7. The van der Waals surface area contributed by atoms with Gasteiger partial charge in [0.1, 0.15) is 6.04 Å². The number of amides is 1. The maximum absolute atomic E-state index is 13.9. The van der Waals surface area contributed by atoms with Gasteiger partial charge in [-0.2, -0.15) is 0 Å². The van der Waals surface area contributed by atoms with Crippen molar-refractivity contribution in [3.63, 3.8) is 0 Å². The minimum absolute atomic E-state index is 0.0690. The van der Waals surface area contributed by atoms with Crippen LogP contribution in [0.4, 0.5) is 0 Å². The number of methoxy groups -OCH3 is 1. The van der Waals surface area contributed by atoms with E-state index in [4.69, 9.17) is 9.47 Å². The van der Waals surface area contributed by atoms with E-state index in [1.807, 2.05) is 91.0 Å². The molecule has 0 saturated carbocycles. The number of benzene rings is 3. The Bertz CT molecular complexity index is 1020. The Morgan fingerprint density at radius 1 is 0.882 bits per heavy atom. The number of nitrogens with zero attached hydrogens (tertiary/aromatic N) is 1. The van der Waals surface area contributed by atoms with E-state index < -0.39 is 12.0 Å². The average Bonchev–Trinajstić information content (AvgIpc) is 3.32. The van der Waals surface area contributed by atoms with Crippen LogP contribution in [-0.2, 0) is 25.7 Å². The highest BCUT2D eigenvalue weighted by Crippen LogP contribution is 2.33. The molecule has 0 bridgehead atoms. The van der Waals surface area contributed by atoms with Crippen molar-refractivity contribution in [2.75, 3.05) is 20.3 Å². The summed E-state index contributed by atoms with van der Waals surface area (Å²) in [5, 5.41) is 0. The molecule has 1 amide bonds. The van der Waals surface area contributed by atoms with Gasteiger partial charge in [0, 0.05) is 13.2 Å². The second kappa shape index (κ2) is 11.6. The molecule has 0 aliphatic carbocycles. The summed E-state index contributed by atoms with van der Waals surface area (Å²) >= 11 is 0. The van der Waals surface area contributed by atoms with Crippen LogP contribution in [0.25, 0.3) is 0 Å². The van der Waals surface area contributed by atoms with Gasteiger partial charge in [-0.3, -0.25) is 4.79 Å². The molecule has 1 aliphatic heterocycles. The van der Waals surface area contributed by atoms with Crippen molar-refractivity contribution >= 4 is 11.9 Å². The van der Waals surface area contributed by atoms with Crippen LogP contribution in [0.5, 0.6) is 0 Å². The van der Waals surface area contributed by atoms with Crippen LogP contribution >= 0.6 is 0 Å². The summed E-state index contributed by atoms with van der Waals surface area (Å²) in [6.45, 7) is 1.65. The lowest BCUT2D eigenvalue weighted by Gasteiger charge is -2.28. The monoisotopic (exact) mass is 457 g/mol. The van der Waals surface area contributed by atoms with Crippen molar-refractivity contribution in [2.24, 2.45) is 5.92 Å². The molecular weight excluding hydrogens is 426 g/mol. The zero-order valence-corrected chi connectivity index (χ0v) is 19.5. The Morgan fingerprint density at radius 2 is 1.44 bits per heavy atom. The highest BCUT2D eigenvalue weighted by atomic mass is 16.5. The molecule has 2 atom stereocenters. The molecule has 3 aromatic carbocycles. The third-order valence-corrected chi connectivity index (χ3v) is 6.44. The summed E-state index contributed by atoms with van der Waals surface area (Å²) in [7, 11) is 1.38. The lowest BCUT2D eigenvalue weighted by atomic mass is 9.90. The predicted molar refractivity (Wildman–Crippen MR) is 131 cm³/mol. The van der Waals surface area contributed by atoms with Crippen LogP contribution in [-0.4, -0.2) is 43.1 Å². The lowest BCUT2D eigenvalue weighted by Crippen LogP contribution is -2.43. The predicted octanol–water partition coefficient (Wildman–Crippen LogP) is 4.82. The van der Waals surface area contributed by atoms with Crippen LogP contribution in [0.2, 0.25) is 0 Å². The average molecular weight is 458 g/mol. The summed E-state index contributed by atoms with van der Waals surface area (Å²) < 4.78 is 10.9. The molecule has 0 aromatic heterocycles. The fourth-order valence-electron chi connectivity index (χ4n) is 4.68. The number of esters is 1. The first-order valence-corrected chi connectivity index (χ1v) is 11.8. The SMILES string of the molecule is COC(=O)C1CC(CCOCc2ccccc2)CN1C(=O)C(c1ccccc1)c1ccccc1. The van der Waals surface area contributed by atoms with Gasteiger partial charge < -0.3 is 14.4 Å². The van der Waals surface area contributed by atoms with E-state index in [-0.39, 0.29) is 17.8 Å². The molecule has 5 nitrogen and oxygen atoms in total. The fourth-order valence-corrected chi connectivity index (χ4v) is 4.68. The number of ether oxygens (including phenoxy) is 2. The molecule has 5 heteroatoms. The fraction of sp³-hybridized carbons (Fsp3) is 0.310. The molecular formula is C29H31NO4. The van der Waals surface area contributed by atoms with E-state index in [2.05, 4.69) is 0 Å². The number of carbonyl (C=O) groups excluding carboxylic acids is 2. The number of hydrogen-bond donors (Lipinski definition) is 0. The largest absolute Gasteiger partial charge is 0.467 e. The van der Waals surface area contributed by atoms with Gasteiger partial charge in [-0.25, -0.2) is 4.79 Å². The van der Waals surface area contributed by atoms with Gasteiger partial charge in [0.25, 0.3) is 0 Å². The third kappa shape index (κ3) is 5.72. The third-order valence-electron chi connectivity index (χ3n) is 6.44. The Hall–Kier alpha value is -3.44. The number of likely N-dealkylation sites (tertiary alicyclic amines) is 1. The molecule has 1 aliphatic rings. The van der Waals surface area contributed by atoms with Crippen LogP contribution in [0.3, 0.4) is 0 Å². The summed E-state index contributed by atoms with van der Waals surface area (Å²) in [6.07, 6.45) is 1.37. The number of carbonyl (C=O) groups is 2. The van der Waals surface area contributed by atoms with E-state index >= 15 is 0 Å². The zero-order chi connectivity index (χ0) is 23.8. The summed E-state index contributed by atoms with van der Waals surface area (Å²) in [5.74, 6) is -0.722. The van der Waals surface area contributed by atoms with Gasteiger partial charge in [-0.05, 0) is 35.4 Å². The van der Waals surface area contributed by atoms with E-state index in [1.165, 1.54) is 7.11 Å². The van der Waals surface area contributed by atoms with E-state index in [0.717, 1.165) is 23.1 Å². The second-order valence-electron chi connectivity index (χ2n) is 8.71. The van der Waals surface area contributed by atoms with Gasteiger partial charge in [0.05, 0.1) is 19.6 Å². The quantitative estimate of drug-likeness (QED) is 0.342. The van der Waals surface area contributed by atoms with E-state index in [1.54, 1.807) is 4.90 Å². The van der Waals surface area contributed by atoms with E-state index in [0.29, 0.717) is 26.2 Å². The second-order valence-corrected chi connectivity index (χ2v) is 8.71. The van der Waals surface area contributed by atoms with Crippen LogP contribution in [0.1, 0.15) is 35.4 Å². The van der Waals surface area contributed by atoms with E-state index in [9.17, 15) is 9.59 Å². The molecule has 1 fully saturated rings. The van der Waals surface area contributed by atoms with Crippen molar-refractivity contribution < 1.29 is 19.1 Å².